The molecular weight excluding hydrogens is 282 g/mol. The first-order chi connectivity index (χ1) is 11.3. The zero-order valence-electron chi connectivity index (χ0n) is 15.6. The number of rotatable bonds is 14. The van der Waals surface area contributed by atoms with Crippen molar-refractivity contribution in [1.29, 1.82) is 0 Å². The largest absolute Gasteiger partial charge is 0.353 e. The zero-order chi connectivity index (χ0) is 16.8. The van der Waals surface area contributed by atoms with Crippen LogP contribution in [0.5, 0.6) is 0 Å². The Labute approximate surface area is 144 Å². The summed E-state index contributed by atoms with van der Waals surface area (Å²) in [5, 5.41) is 0. The second kappa shape index (κ2) is 13.6. The van der Waals surface area contributed by atoms with Crippen LogP contribution < -0.4 is 5.73 Å². The van der Waals surface area contributed by atoms with E-state index >= 15 is 0 Å². The fourth-order valence-corrected chi connectivity index (χ4v) is 3.19. The molecule has 2 unspecified atom stereocenters. The Morgan fingerprint density at radius 1 is 1.04 bits per heavy atom. The molecule has 0 saturated carbocycles. The maximum absolute atomic E-state index is 6.10. The van der Waals surface area contributed by atoms with Crippen molar-refractivity contribution in [3.05, 3.63) is 12.2 Å². The predicted octanol–water partition coefficient (Wildman–Crippen LogP) is 4.91. The van der Waals surface area contributed by atoms with Crippen molar-refractivity contribution in [1.82, 2.24) is 4.90 Å². The van der Waals surface area contributed by atoms with E-state index in [4.69, 9.17) is 5.73 Å². The third kappa shape index (κ3) is 9.80. The molecule has 0 spiro atoms. The Hall–Kier alpha value is -0.830. The van der Waals surface area contributed by atoms with Gasteiger partial charge in [0, 0.05) is 12.6 Å². The second-order valence-corrected chi connectivity index (χ2v) is 7.01. The van der Waals surface area contributed by atoms with E-state index in [2.05, 4.69) is 35.9 Å². The Morgan fingerprint density at radius 3 is 2.17 bits per heavy atom. The summed E-state index contributed by atoms with van der Waals surface area (Å²) in [6.07, 6.45) is 21.8. The normalized spacial score (nSPS) is 17.3. The van der Waals surface area contributed by atoms with Crippen LogP contribution in [-0.4, -0.2) is 36.4 Å². The van der Waals surface area contributed by atoms with Crippen molar-refractivity contribution < 1.29 is 0 Å². The summed E-state index contributed by atoms with van der Waals surface area (Å²) in [7, 11) is 0. The van der Waals surface area contributed by atoms with Gasteiger partial charge in [-0.3, -0.25) is 4.99 Å². The van der Waals surface area contributed by atoms with Gasteiger partial charge in [0.2, 0.25) is 0 Å². The molecular formula is C20H39N3. The molecule has 1 aliphatic heterocycles. The average Bonchev–Trinajstić information content (AvgIpc) is 3.05. The molecule has 3 nitrogen and oxygen atoms in total. The zero-order valence-corrected chi connectivity index (χ0v) is 15.6. The van der Waals surface area contributed by atoms with Crippen molar-refractivity contribution in [2.24, 2.45) is 10.7 Å². The summed E-state index contributed by atoms with van der Waals surface area (Å²) in [5.41, 5.74) is 6.10. The molecule has 0 amide bonds. The van der Waals surface area contributed by atoms with Gasteiger partial charge in [0.15, 0.2) is 0 Å². The van der Waals surface area contributed by atoms with E-state index in [1.807, 2.05) is 6.34 Å². The molecule has 3 heteroatoms. The molecule has 0 aliphatic carbocycles. The number of nitrogens with two attached hydrogens (primary N) is 1. The van der Waals surface area contributed by atoms with Gasteiger partial charge >= 0.3 is 0 Å². The molecule has 0 aromatic heterocycles. The van der Waals surface area contributed by atoms with Gasteiger partial charge in [0.1, 0.15) is 0 Å². The molecule has 1 rings (SSSR count). The van der Waals surface area contributed by atoms with Gasteiger partial charge in [-0.2, -0.15) is 0 Å². The standard InChI is InChI=1S/C20H39N3/c1-3-4-5-6-7-8-9-10-11-12-13-14-15-20(19(2)21)23-17-16-22-18-23/h14-15,18-20H,3-13,16-17,21H2,1-2H3. The van der Waals surface area contributed by atoms with Crippen LogP contribution in [0.25, 0.3) is 0 Å². The summed E-state index contributed by atoms with van der Waals surface area (Å²) in [4.78, 5) is 6.55. The molecule has 0 radical (unpaired) electrons. The Balaban J connectivity index is 1.97. The van der Waals surface area contributed by atoms with Crippen LogP contribution in [0, 0.1) is 0 Å². The summed E-state index contributed by atoms with van der Waals surface area (Å²) in [6, 6.07) is 0.466. The molecule has 2 atom stereocenters. The Kier molecular flexibility index (Phi) is 11.9. The van der Waals surface area contributed by atoms with Crippen molar-refractivity contribution >= 4 is 6.34 Å². The highest BCUT2D eigenvalue weighted by Crippen LogP contribution is 2.12. The molecule has 0 fully saturated rings. The fourth-order valence-electron chi connectivity index (χ4n) is 3.19. The van der Waals surface area contributed by atoms with Crippen LogP contribution in [0.2, 0.25) is 0 Å². The molecule has 1 heterocycles. The topological polar surface area (TPSA) is 41.6 Å². The average molecular weight is 322 g/mol. The van der Waals surface area contributed by atoms with E-state index in [0.717, 1.165) is 13.1 Å². The van der Waals surface area contributed by atoms with E-state index in [1.54, 1.807) is 0 Å². The van der Waals surface area contributed by atoms with E-state index in [1.165, 1.54) is 70.6 Å². The van der Waals surface area contributed by atoms with Crippen LogP contribution in [0.1, 0.15) is 84.5 Å². The minimum Gasteiger partial charge on any atom is -0.353 e. The first kappa shape index (κ1) is 20.2. The molecule has 0 bridgehead atoms. The van der Waals surface area contributed by atoms with E-state index in [-0.39, 0.29) is 6.04 Å². The van der Waals surface area contributed by atoms with Crippen molar-refractivity contribution in [2.75, 3.05) is 13.1 Å². The first-order valence-electron chi connectivity index (χ1n) is 9.93. The molecule has 2 N–H and O–H groups in total. The molecule has 134 valence electrons. The monoisotopic (exact) mass is 321 g/mol. The second-order valence-electron chi connectivity index (χ2n) is 7.01. The van der Waals surface area contributed by atoms with Crippen LogP contribution in [-0.2, 0) is 0 Å². The Morgan fingerprint density at radius 2 is 1.65 bits per heavy atom. The van der Waals surface area contributed by atoms with Crippen LogP contribution in [0.3, 0.4) is 0 Å². The molecule has 23 heavy (non-hydrogen) atoms. The minimum absolute atomic E-state index is 0.156. The van der Waals surface area contributed by atoms with Crippen molar-refractivity contribution in [3.63, 3.8) is 0 Å². The fraction of sp³-hybridized carbons (Fsp3) is 0.850. The van der Waals surface area contributed by atoms with Crippen LogP contribution >= 0.6 is 0 Å². The van der Waals surface area contributed by atoms with Gasteiger partial charge in [0.05, 0.1) is 18.9 Å². The van der Waals surface area contributed by atoms with Gasteiger partial charge in [-0.05, 0) is 19.8 Å². The van der Waals surface area contributed by atoms with Crippen LogP contribution in [0.15, 0.2) is 17.1 Å². The smallest absolute Gasteiger partial charge is 0.0856 e. The molecule has 0 aromatic rings. The molecule has 1 aliphatic rings. The highest BCUT2D eigenvalue weighted by molar-refractivity contribution is 5.58. The van der Waals surface area contributed by atoms with Gasteiger partial charge in [-0.15, -0.1) is 0 Å². The van der Waals surface area contributed by atoms with Crippen molar-refractivity contribution in [3.8, 4) is 0 Å². The predicted molar refractivity (Wildman–Crippen MR) is 103 cm³/mol. The lowest BCUT2D eigenvalue weighted by molar-refractivity contribution is 0.357. The maximum Gasteiger partial charge on any atom is 0.0856 e. The lowest BCUT2D eigenvalue weighted by Gasteiger charge is -2.27. The van der Waals surface area contributed by atoms with E-state index in [0.29, 0.717) is 6.04 Å². The quantitative estimate of drug-likeness (QED) is 0.365. The number of hydrogen-bond acceptors (Lipinski definition) is 3. The number of unbranched alkanes of at least 4 members (excludes halogenated alkanes) is 10. The maximum atomic E-state index is 6.10. The number of hydrogen-bond donors (Lipinski definition) is 1. The number of aliphatic imine (C=N–C) groups is 1. The molecule has 0 aromatic carbocycles. The Bertz CT molecular complexity index is 323. The van der Waals surface area contributed by atoms with Crippen LogP contribution in [0.4, 0.5) is 0 Å². The highest BCUT2D eigenvalue weighted by atomic mass is 15.2. The van der Waals surface area contributed by atoms with E-state index in [9.17, 15) is 0 Å². The van der Waals surface area contributed by atoms with E-state index < -0.39 is 0 Å². The SMILES string of the molecule is CCCCCCCCCCCCC=CC(C(C)N)N1C=NCC1. The third-order valence-corrected chi connectivity index (χ3v) is 4.70. The summed E-state index contributed by atoms with van der Waals surface area (Å²) in [5.74, 6) is 0. The minimum atomic E-state index is 0.156. The summed E-state index contributed by atoms with van der Waals surface area (Å²) >= 11 is 0. The first-order valence-corrected chi connectivity index (χ1v) is 9.93. The summed E-state index contributed by atoms with van der Waals surface area (Å²) < 4.78 is 0. The molecule has 0 saturated heterocycles. The third-order valence-electron chi connectivity index (χ3n) is 4.70. The number of allylic oxidation sites excluding steroid dienone is 1. The van der Waals surface area contributed by atoms with Gasteiger partial charge in [-0.1, -0.05) is 76.9 Å². The number of nitrogens with zero attached hydrogens (tertiary/aromatic N) is 2. The van der Waals surface area contributed by atoms with Gasteiger partial charge < -0.3 is 10.6 Å². The lowest BCUT2D eigenvalue weighted by atomic mass is 10.0. The van der Waals surface area contributed by atoms with Gasteiger partial charge in [-0.25, -0.2) is 0 Å². The van der Waals surface area contributed by atoms with Gasteiger partial charge in [0.25, 0.3) is 0 Å². The lowest BCUT2D eigenvalue weighted by Crippen LogP contribution is -2.43. The highest BCUT2D eigenvalue weighted by Gasteiger charge is 2.18. The summed E-state index contributed by atoms with van der Waals surface area (Å²) in [6.45, 7) is 6.29. The van der Waals surface area contributed by atoms with Crippen molar-refractivity contribution in [2.45, 2.75) is 96.6 Å².